The average molecular weight is 177 g/mol. The molecule has 1 N–H and O–H groups in total. The lowest BCUT2D eigenvalue weighted by Gasteiger charge is -2.02. The van der Waals surface area contributed by atoms with Crippen molar-refractivity contribution in [2.45, 2.75) is 0 Å². The van der Waals surface area contributed by atoms with Gasteiger partial charge in [-0.3, -0.25) is 10.0 Å². The molecule has 1 amide bonds. The summed E-state index contributed by atoms with van der Waals surface area (Å²) in [5, 5.41) is 9.33. The Kier molecular flexibility index (Phi) is 3.73. The Labute approximate surface area is 76.9 Å². The summed E-state index contributed by atoms with van der Waals surface area (Å²) in [6.45, 7) is 0.207. The van der Waals surface area contributed by atoms with Gasteiger partial charge in [0, 0.05) is 0 Å². The lowest BCUT2D eigenvalue weighted by Crippen LogP contribution is -2.15. The van der Waals surface area contributed by atoms with Crippen molar-refractivity contribution in [3.05, 3.63) is 42.0 Å². The van der Waals surface area contributed by atoms with E-state index in [4.69, 9.17) is 5.21 Å². The maximum atomic E-state index is 9.99. The zero-order chi connectivity index (χ0) is 9.52. The van der Waals surface area contributed by atoms with Crippen LogP contribution in [0.5, 0.6) is 0 Å². The highest BCUT2D eigenvalue weighted by molar-refractivity contribution is 5.50. The molecule has 68 valence electrons. The van der Waals surface area contributed by atoms with Crippen LogP contribution in [0.4, 0.5) is 0 Å². The third-order valence-electron chi connectivity index (χ3n) is 1.52. The van der Waals surface area contributed by atoms with E-state index in [9.17, 15) is 4.79 Å². The molecule has 3 nitrogen and oxygen atoms in total. The molecular weight excluding hydrogens is 166 g/mol. The van der Waals surface area contributed by atoms with Crippen LogP contribution < -0.4 is 0 Å². The van der Waals surface area contributed by atoms with Crippen molar-refractivity contribution < 1.29 is 10.0 Å². The number of hydrogen-bond acceptors (Lipinski definition) is 2. The van der Waals surface area contributed by atoms with E-state index in [2.05, 4.69) is 0 Å². The second kappa shape index (κ2) is 5.11. The summed E-state index contributed by atoms with van der Waals surface area (Å²) < 4.78 is 0. The van der Waals surface area contributed by atoms with E-state index < -0.39 is 0 Å². The third kappa shape index (κ3) is 3.53. The molecule has 13 heavy (non-hydrogen) atoms. The number of carbonyl (C=O) groups excluding carboxylic acids is 1. The quantitative estimate of drug-likeness (QED) is 0.430. The summed E-state index contributed by atoms with van der Waals surface area (Å²) in [6.07, 6.45) is 3.92. The van der Waals surface area contributed by atoms with Gasteiger partial charge in [-0.2, -0.15) is 0 Å². The minimum absolute atomic E-state index is 0.207. The molecule has 0 aliphatic heterocycles. The molecule has 0 spiro atoms. The third-order valence-corrected chi connectivity index (χ3v) is 1.52. The Hall–Kier alpha value is -1.61. The predicted octanol–water partition coefficient (Wildman–Crippen LogP) is 1.55. The van der Waals surface area contributed by atoms with Crippen LogP contribution in [0.1, 0.15) is 5.56 Å². The van der Waals surface area contributed by atoms with Crippen LogP contribution in [0.2, 0.25) is 0 Å². The average Bonchev–Trinajstić information content (AvgIpc) is 2.19. The Balaban J connectivity index is 2.45. The topological polar surface area (TPSA) is 40.5 Å². The SMILES string of the molecule is O=CN(O)CC=Cc1ccccc1. The van der Waals surface area contributed by atoms with E-state index >= 15 is 0 Å². The maximum Gasteiger partial charge on any atom is 0.233 e. The van der Waals surface area contributed by atoms with E-state index in [1.165, 1.54) is 0 Å². The smallest absolute Gasteiger partial charge is 0.233 e. The molecule has 3 heteroatoms. The maximum absolute atomic E-state index is 9.99. The number of hydroxylamine groups is 2. The Morgan fingerprint density at radius 1 is 1.31 bits per heavy atom. The van der Waals surface area contributed by atoms with E-state index in [-0.39, 0.29) is 6.54 Å². The summed E-state index contributed by atoms with van der Waals surface area (Å²) in [4.78, 5) is 9.99. The van der Waals surface area contributed by atoms with Gasteiger partial charge in [0.25, 0.3) is 0 Å². The number of nitrogens with zero attached hydrogens (tertiary/aromatic N) is 1. The largest absolute Gasteiger partial charge is 0.286 e. The first-order valence-corrected chi connectivity index (χ1v) is 3.95. The van der Waals surface area contributed by atoms with Crippen molar-refractivity contribution >= 4 is 12.5 Å². The lowest BCUT2D eigenvalue weighted by atomic mass is 10.2. The molecule has 1 aromatic rings. The van der Waals surface area contributed by atoms with Crippen LogP contribution in [-0.2, 0) is 4.79 Å². The molecule has 0 unspecified atom stereocenters. The van der Waals surface area contributed by atoms with Crippen LogP contribution in [0.3, 0.4) is 0 Å². The monoisotopic (exact) mass is 177 g/mol. The summed E-state index contributed by atoms with van der Waals surface area (Å²) >= 11 is 0. The number of hydrogen-bond donors (Lipinski definition) is 1. The first kappa shape index (κ1) is 9.48. The predicted molar refractivity (Wildman–Crippen MR) is 50.0 cm³/mol. The van der Waals surface area contributed by atoms with Gasteiger partial charge in [0.05, 0.1) is 6.54 Å². The zero-order valence-electron chi connectivity index (χ0n) is 7.13. The minimum atomic E-state index is 0.207. The number of benzene rings is 1. The van der Waals surface area contributed by atoms with Crippen LogP contribution in [0.15, 0.2) is 36.4 Å². The second-order valence-corrected chi connectivity index (χ2v) is 2.54. The normalized spacial score (nSPS) is 10.2. The molecule has 1 rings (SSSR count). The highest BCUT2D eigenvalue weighted by Crippen LogP contribution is 2.00. The van der Waals surface area contributed by atoms with Crippen LogP contribution >= 0.6 is 0 Å². The van der Waals surface area contributed by atoms with Gasteiger partial charge in [-0.05, 0) is 5.56 Å². The fraction of sp³-hybridized carbons (Fsp3) is 0.100. The standard InChI is InChI=1S/C10H11NO2/c12-9-11(13)8-4-7-10-5-2-1-3-6-10/h1-7,9,13H,8H2. The minimum Gasteiger partial charge on any atom is -0.286 e. The first-order valence-electron chi connectivity index (χ1n) is 3.95. The first-order chi connectivity index (χ1) is 6.33. The highest BCUT2D eigenvalue weighted by Gasteiger charge is 1.88. The van der Waals surface area contributed by atoms with Gasteiger partial charge in [0.15, 0.2) is 0 Å². The van der Waals surface area contributed by atoms with Crippen molar-refractivity contribution in [3.63, 3.8) is 0 Å². The highest BCUT2D eigenvalue weighted by atomic mass is 16.5. The van der Waals surface area contributed by atoms with Gasteiger partial charge < -0.3 is 0 Å². The van der Waals surface area contributed by atoms with Crippen molar-refractivity contribution in [3.8, 4) is 0 Å². The molecule has 0 heterocycles. The molecule has 0 fully saturated rings. The molecule has 0 aliphatic rings. The molecule has 1 aromatic carbocycles. The Morgan fingerprint density at radius 3 is 2.62 bits per heavy atom. The number of carbonyl (C=O) groups is 1. The van der Waals surface area contributed by atoms with Crippen LogP contribution in [0, 0.1) is 0 Å². The van der Waals surface area contributed by atoms with Crippen molar-refractivity contribution in [2.24, 2.45) is 0 Å². The lowest BCUT2D eigenvalue weighted by molar-refractivity contribution is -0.147. The van der Waals surface area contributed by atoms with E-state index in [1.54, 1.807) is 6.08 Å². The summed E-state index contributed by atoms with van der Waals surface area (Å²) in [5.41, 5.74) is 1.04. The van der Waals surface area contributed by atoms with E-state index in [0.717, 1.165) is 5.56 Å². The second-order valence-electron chi connectivity index (χ2n) is 2.54. The molecule has 0 atom stereocenters. The fourth-order valence-electron chi connectivity index (χ4n) is 0.904. The molecule has 0 saturated heterocycles. The van der Waals surface area contributed by atoms with Gasteiger partial charge in [0.2, 0.25) is 6.41 Å². The Bertz CT molecular complexity index is 282. The van der Waals surface area contributed by atoms with E-state index in [0.29, 0.717) is 11.5 Å². The number of rotatable bonds is 4. The number of amides is 1. The molecule has 0 radical (unpaired) electrons. The van der Waals surface area contributed by atoms with Crippen molar-refractivity contribution in [1.29, 1.82) is 0 Å². The molecule has 0 aromatic heterocycles. The Morgan fingerprint density at radius 2 is 2.00 bits per heavy atom. The molecule has 0 bridgehead atoms. The van der Waals surface area contributed by atoms with Gasteiger partial charge in [-0.1, -0.05) is 42.5 Å². The molecule has 0 saturated carbocycles. The fourth-order valence-corrected chi connectivity index (χ4v) is 0.904. The van der Waals surface area contributed by atoms with Crippen LogP contribution in [-0.4, -0.2) is 23.2 Å². The summed E-state index contributed by atoms with van der Waals surface area (Å²) in [5.74, 6) is 0. The van der Waals surface area contributed by atoms with Crippen molar-refractivity contribution in [1.82, 2.24) is 5.06 Å². The van der Waals surface area contributed by atoms with Gasteiger partial charge >= 0.3 is 0 Å². The molecule has 0 aliphatic carbocycles. The zero-order valence-corrected chi connectivity index (χ0v) is 7.13. The van der Waals surface area contributed by atoms with Gasteiger partial charge in [-0.15, -0.1) is 0 Å². The van der Waals surface area contributed by atoms with Gasteiger partial charge in [0.1, 0.15) is 0 Å². The summed E-state index contributed by atoms with van der Waals surface area (Å²) in [6, 6.07) is 9.67. The van der Waals surface area contributed by atoms with Crippen LogP contribution in [0.25, 0.3) is 6.08 Å². The van der Waals surface area contributed by atoms with Gasteiger partial charge in [-0.25, -0.2) is 5.06 Å². The van der Waals surface area contributed by atoms with E-state index in [1.807, 2.05) is 36.4 Å². The molecular formula is C10H11NO2. The summed E-state index contributed by atoms with van der Waals surface area (Å²) in [7, 11) is 0. The van der Waals surface area contributed by atoms with Crippen molar-refractivity contribution in [2.75, 3.05) is 6.54 Å².